The van der Waals surface area contributed by atoms with Crippen molar-refractivity contribution in [2.45, 2.75) is 34.6 Å². The number of nitrogens with two attached hydrogens (primary N) is 1. The van der Waals surface area contributed by atoms with Gasteiger partial charge < -0.3 is 5.73 Å². The van der Waals surface area contributed by atoms with Crippen LogP contribution in [-0.2, 0) is 0 Å². The summed E-state index contributed by atoms with van der Waals surface area (Å²) in [4.78, 5) is 13.3. The first-order valence-electron chi connectivity index (χ1n) is 7.24. The molecule has 1 aliphatic carbocycles. The first-order chi connectivity index (χ1) is 10.6. The van der Waals surface area contributed by atoms with Gasteiger partial charge in [-0.05, 0) is 48.6 Å². The second kappa shape index (κ2) is 6.42. The molecular weight excluding hydrogens is 296 g/mol. The van der Waals surface area contributed by atoms with Crippen LogP contribution < -0.4 is 5.73 Å². The number of carbonyl (C=O) groups is 1. The summed E-state index contributed by atoms with van der Waals surface area (Å²) in [5.41, 5.74) is 6.32. The molecule has 1 saturated carbocycles. The molecule has 5 heteroatoms. The fraction of sp³-hybridized carbons (Fsp3) is 0.235. The first-order valence-corrected chi connectivity index (χ1v) is 8.05. The molecule has 0 spiro atoms. The Labute approximate surface area is 133 Å². The molecule has 22 heavy (non-hydrogen) atoms. The Hall–Kier alpha value is -1.98. The molecule has 0 saturated heterocycles. The molecule has 1 fully saturated rings. The predicted octanol–water partition coefficient (Wildman–Crippen LogP) is 3.85. The molecule has 0 bridgehead atoms. The Kier molecular flexibility index (Phi) is 4.36. The maximum atomic E-state index is 10.9. The Morgan fingerprint density at radius 2 is 1.77 bits per heavy atom. The number of hydrogen-bond donors (Lipinski definition) is 2. The monoisotopic (exact) mass is 314 g/mol. The highest BCUT2D eigenvalue weighted by Gasteiger charge is 2.35. The lowest BCUT2D eigenvalue weighted by Gasteiger charge is -2.39. The molecule has 4 nitrogen and oxygen atoms in total. The van der Waals surface area contributed by atoms with Gasteiger partial charge in [-0.25, -0.2) is 9.86 Å². The molecule has 2 amide bonds. The third kappa shape index (κ3) is 3.26. The zero-order chi connectivity index (χ0) is 15.5. The van der Waals surface area contributed by atoms with E-state index < -0.39 is 6.03 Å². The average molecular weight is 314 g/mol. The molecule has 0 unspecified atom stereocenters. The summed E-state index contributed by atoms with van der Waals surface area (Å²) in [6.07, 6.45) is 1.50. The molecule has 2 aromatic carbocycles. The molecule has 0 aliphatic heterocycles. The maximum absolute atomic E-state index is 10.9. The van der Waals surface area contributed by atoms with Gasteiger partial charge in [-0.3, -0.25) is 5.21 Å². The molecule has 2 aromatic rings. The van der Waals surface area contributed by atoms with E-state index in [9.17, 15) is 10.0 Å². The fourth-order valence-corrected chi connectivity index (χ4v) is 3.60. The van der Waals surface area contributed by atoms with E-state index in [1.807, 2.05) is 18.2 Å². The number of urea groups is 1. The summed E-state index contributed by atoms with van der Waals surface area (Å²) in [6, 6.07) is 17.7. The van der Waals surface area contributed by atoms with E-state index in [1.54, 1.807) is 11.8 Å². The van der Waals surface area contributed by atoms with E-state index in [0.717, 1.165) is 12.8 Å². The number of rotatable bonds is 4. The van der Waals surface area contributed by atoms with Crippen LogP contribution in [0.2, 0.25) is 0 Å². The minimum Gasteiger partial charge on any atom is -0.350 e. The van der Waals surface area contributed by atoms with Crippen LogP contribution in [0, 0.1) is 0 Å². The van der Waals surface area contributed by atoms with Gasteiger partial charge in [0, 0.05) is 9.79 Å². The number of hydroxylamine groups is 2. The highest BCUT2D eigenvalue weighted by Crippen LogP contribution is 2.40. The number of hydrogen-bond acceptors (Lipinski definition) is 3. The fourth-order valence-electron chi connectivity index (χ4n) is 2.70. The van der Waals surface area contributed by atoms with E-state index in [2.05, 4.69) is 36.4 Å². The summed E-state index contributed by atoms with van der Waals surface area (Å²) in [7, 11) is 0. The van der Waals surface area contributed by atoms with E-state index in [0.29, 0.717) is 11.0 Å². The number of benzene rings is 2. The first kappa shape index (κ1) is 14.9. The quantitative estimate of drug-likeness (QED) is 0.665. The van der Waals surface area contributed by atoms with Crippen molar-refractivity contribution in [3.05, 3.63) is 60.2 Å². The van der Waals surface area contributed by atoms with Crippen LogP contribution in [0.4, 0.5) is 4.79 Å². The van der Waals surface area contributed by atoms with Crippen LogP contribution in [0.15, 0.2) is 64.4 Å². The van der Waals surface area contributed by atoms with Crippen LogP contribution in [0.3, 0.4) is 0 Å². The summed E-state index contributed by atoms with van der Waals surface area (Å²) in [5, 5.41) is 10.2. The smallest absolute Gasteiger partial charge is 0.338 e. The number of carbonyl (C=O) groups excluding carboxylic acids is 1. The molecule has 0 atom stereocenters. The van der Waals surface area contributed by atoms with Crippen molar-refractivity contribution in [2.24, 2.45) is 5.73 Å². The highest BCUT2D eigenvalue weighted by atomic mass is 32.2. The van der Waals surface area contributed by atoms with Crippen LogP contribution in [0.25, 0.3) is 0 Å². The van der Waals surface area contributed by atoms with Crippen LogP contribution in [-0.4, -0.2) is 22.3 Å². The van der Waals surface area contributed by atoms with Crippen LogP contribution in [0.5, 0.6) is 0 Å². The molecule has 0 radical (unpaired) electrons. The Morgan fingerprint density at radius 3 is 2.45 bits per heavy atom. The molecule has 3 rings (SSSR count). The molecule has 3 N–H and O–H groups in total. The van der Waals surface area contributed by atoms with Gasteiger partial charge in [0.2, 0.25) is 0 Å². The van der Waals surface area contributed by atoms with Crippen molar-refractivity contribution in [2.75, 3.05) is 0 Å². The van der Waals surface area contributed by atoms with Gasteiger partial charge in [-0.15, -0.1) is 0 Å². The molecule has 114 valence electrons. The van der Waals surface area contributed by atoms with Gasteiger partial charge in [-0.2, -0.15) is 0 Å². The largest absolute Gasteiger partial charge is 0.350 e. The van der Waals surface area contributed by atoms with Crippen molar-refractivity contribution in [3.63, 3.8) is 0 Å². The summed E-state index contributed by atoms with van der Waals surface area (Å²) in [6.45, 7) is 0. The van der Waals surface area contributed by atoms with Gasteiger partial charge in [0.25, 0.3) is 0 Å². The van der Waals surface area contributed by atoms with Crippen LogP contribution in [0.1, 0.15) is 24.3 Å². The summed E-state index contributed by atoms with van der Waals surface area (Å²) >= 11 is 1.73. The van der Waals surface area contributed by atoms with Gasteiger partial charge in [0.15, 0.2) is 0 Å². The number of amides is 2. The average Bonchev–Trinajstić information content (AvgIpc) is 2.47. The highest BCUT2D eigenvalue weighted by molar-refractivity contribution is 7.99. The Bertz CT molecular complexity index is 657. The zero-order valence-electron chi connectivity index (χ0n) is 12.1. The second-order valence-corrected chi connectivity index (χ2v) is 6.64. The lowest BCUT2D eigenvalue weighted by atomic mass is 9.76. The zero-order valence-corrected chi connectivity index (χ0v) is 12.9. The molecular formula is C17H18N2O2S. The lowest BCUT2D eigenvalue weighted by Crippen LogP contribution is -2.47. The van der Waals surface area contributed by atoms with E-state index >= 15 is 0 Å². The van der Waals surface area contributed by atoms with Gasteiger partial charge in [-0.1, -0.05) is 42.1 Å². The summed E-state index contributed by atoms with van der Waals surface area (Å²) < 4.78 is 0. The van der Waals surface area contributed by atoms with Gasteiger partial charge >= 0.3 is 6.03 Å². The predicted molar refractivity (Wildman–Crippen MR) is 86.0 cm³/mol. The Balaban J connectivity index is 1.65. The minimum absolute atomic E-state index is 0.159. The van der Waals surface area contributed by atoms with Crippen LogP contribution >= 0.6 is 11.8 Å². The van der Waals surface area contributed by atoms with E-state index in [1.165, 1.54) is 15.4 Å². The van der Waals surface area contributed by atoms with Crippen molar-refractivity contribution < 1.29 is 10.0 Å². The van der Waals surface area contributed by atoms with Crippen molar-refractivity contribution in [3.8, 4) is 0 Å². The maximum Gasteiger partial charge on any atom is 0.338 e. The minimum atomic E-state index is -0.781. The SMILES string of the molecule is NC(=O)N(O)[C@H]1C[C@H](c2cccc(Sc3ccccc3)c2)C1. The van der Waals surface area contributed by atoms with Crippen molar-refractivity contribution in [1.29, 1.82) is 0 Å². The van der Waals surface area contributed by atoms with Gasteiger partial charge in [0.1, 0.15) is 0 Å². The van der Waals surface area contributed by atoms with E-state index in [4.69, 9.17) is 5.73 Å². The van der Waals surface area contributed by atoms with Crippen molar-refractivity contribution >= 4 is 17.8 Å². The third-order valence-electron chi connectivity index (χ3n) is 3.99. The Morgan fingerprint density at radius 1 is 1.09 bits per heavy atom. The second-order valence-electron chi connectivity index (χ2n) is 5.49. The topological polar surface area (TPSA) is 66.6 Å². The molecule has 1 aliphatic rings. The standard InChI is InChI=1S/C17H18N2O2S/c18-17(20)19(21)14-9-13(10-14)12-5-4-8-16(11-12)22-15-6-2-1-3-7-15/h1-8,11,13-14,21H,9-10H2,(H2,18,20)/t13-,14-. The van der Waals surface area contributed by atoms with Crippen molar-refractivity contribution in [1.82, 2.24) is 5.06 Å². The molecule has 0 aromatic heterocycles. The number of primary amides is 1. The third-order valence-corrected chi connectivity index (χ3v) is 4.99. The molecule has 0 heterocycles. The number of nitrogens with zero attached hydrogens (tertiary/aromatic N) is 1. The lowest BCUT2D eigenvalue weighted by molar-refractivity contribution is -0.102. The van der Waals surface area contributed by atoms with Gasteiger partial charge in [0.05, 0.1) is 6.04 Å². The summed E-state index contributed by atoms with van der Waals surface area (Å²) in [5.74, 6) is 0.371. The normalized spacial score (nSPS) is 20.2. The van der Waals surface area contributed by atoms with E-state index in [-0.39, 0.29) is 6.04 Å².